The van der Waals surface area contributed by atoms with Crippen molar-refractivity contribution in [2.45, 2.75) is 63.2 Å². The molecule has 52 heavy (non-hydrogen) atoms. The van der Waals surface area contributed by atoms with Gasteiger partial charge in [0.1, 0.15) is 55.1 Å². The highest BCUT2D eigenvalue weighted by atomic mass is 31.2. The fraction of sp³-hybridized carbons (Fsp3) is 0.444. The molecule has 9 atom stereocenters. The minimum absolute atomic E-state index is 0.0531. The zero-order valence-electron chi connectivity index (χ0n) is 27.0. The van der Waals surface area contributed by atoms with Crippen LogP contribution in [0.1, 0.15) is 17.4 Å². The molecule has 5 heterocycles. The van der Waals surface area contributed by atoms with Gasteiger partial charge >= 0.3 is 21.8 Å². The van der Waals surface area contributed by atoms with Crippen LogP contribution in [-0.2, 0) is 33.8 Å². The average molecular weight is 769 g/mol. The highest BCUT2D eigenvalue weighted by molar-refractivity contribution is 7.56. The number of phosphoric acid groups is 1. The molecule has 0 amide bonds. The van der Waals surface area contributed by atoms with Crippen molar-refractivity contribution in [3.63, 3.8) is 0 Å². The number of hydrogen-bond donors (Lipinski definition) is 8. The van der Waals surface area contributed by atoms with E-state index in [1.54, 1.807) is 19.1 Å². The molecular weight excluding hydrogens is 736 g/mol. The number of ether oxygens (including phenoxy) is 1. The average Bonchev–Trinajstić information content (AvgIpc) is 3.64. The number of aromatic nitrogens is 8. The number of H-pyrrole nitrogens is 1. The van der Waals surface area contributed by atoms with Gasteiger partial charge in [-0.05, 0) is 41.4 Å². The number of nitrogens with two attached hydrogens (primary N) is 1. The number of aromatic amines is 1. The van der Waals surface area contributed by atoms with E-state index in [0.717, 1.165) is 17.5 Å². The van der Waals surface area contributed by atoms with Gasteiger partial charge in [0, 0.05) is 4.57 Å². The Labute approximate surface area is 291 Å². The minimum atomic E-state index is -5.19. The summed E-state index contributed by atoms with van der Waals surface area (Å²) in [7, 11) is -8.67. The van der Waals surface area contributed by atoms with E-state index < -0.39 is 89.9 Å². The smallest absolute Gasteiger partial charge is 0.388 e. The lowest BCUT2D eigenvalue weighted by atomic mass is 10.1. The fourth-order valence-electron chi connectivity index (χ4n) is 5.47. The SMILES string of the molecule is Cc1cc2nc3c(=O)[nH]c(=O)nc-3n(C[C@H](O)[C@H](O)[C@H](O)CO[P+](=O)OP(=O)(O)OC[C@H]3O[C@@H](n4cnc5c(N)ncnc54)[C@@H](O)C3O)c2cc1C. The van der Waals surface area contributed by atoms with Crippen molar-refractivity contribution in [1.29, 1.82) is 0 Å². The lowest BCUT2D eigenvalue weighted by molar-refractivity contribution is -0.0771. The van der Waals surface area contributed by atoms with Crippen LogP contribution in [0.3, 0.4) is 0 Å². The molecule has 3 aliphatic rings. The topological polar surface area (TPSA) is 343 Å². The summed E-state index contributed by atoms with van der Waals surface area (Å²) in [5.74, 6) is -0.149. The second kappa shape index (κ2) is 14.7. The van der Waals surface area contributed by atoms with Crippen molar-refractivity contribution in [3.8, 4) is 11.5 Å². The van der Waals surface area contributed by atoms with Crippen molar-refractivity contribution >= 4 is 44.1 Å². The number of imidazole rings is 1. The van der Waals surface area contributed by atoms with Crippen LogP contribution < -0.4 is 17.0 Å². The maximum Gasteiger partial charge on any atom is 0.708 e. The van der Waals surface area contributed by atoms with E-state index in [1.807, 2.05) is 11.9 Å². The van der Waals surface area contributed by atoms with Crippen LogP contribution in [0.4, 0.5) is 5.82 Å². The number of nitrogen functional groups attached to an aromatic ring is 1. The maximum atomic E-state index is 12.5. The summed E-state index contributed by atoms with van der Waals surface area (Å²) >= 11 is 0. The lowest BCUT2D eigenvalue weighted by Crippen LogP contribution is -2.42. The van der Waals surface area contributed by atoms with E-state index in [4.69, 9.17) is 19.5 Å². The van der Waals surface area contributed by atoms with E-state index in [-0.39, 0.29) is 28.5 Å². The number of anilines is 1. The number of hydrogen-bond acceptors (Lipinski definition) is 19. The first-order valence-electron chi connectivity index (χ1n) is 15.2. The number of fused-ring (bicyclic) bond motifs is 3. The van der Waals surface area contributed by atoms with Gasteiger partial charge in [0.2, 0.25) is 0 Å². The molecule has 23 nitrogen and oxygen atoms in total. The van der Waals surface area contributed by atoms with Crippen LogP contribution in [0.2, 0.25) is 0 Å². The Balaban J connectivity index is 1.05. The van der Waals surface area contributed by atoms with Gasteiger partial charge in [-0.25, -0.2) is 29.3 Å². The number of phosphoric ester groups is 1. The summed E-state index contributed by atoms with van der Waals surface area (Å²) in [5.41, 5.74) is 6.39. The molecule has 0 radical (unpaired) electrons. The van der Waals surface area contributed by atoms with Crippen LogP contribution in [-0.4, -0.2) is 119 Å². The first-order valence-corrected chi connectivity index (χ1v) is 17.8. The zero-order chi connectivity index (χ0) is 37.6. The van der Waals surface area contributed by atoms with Crippen molar-refractivity contribution in [1.82, 2.24) is 39.0 Å². The molecule has 0 aliphatic carbocycles. The first kappa shape index (κ1) is 37.5. The van der Waals surface area contributed by atoms with Gasteiger partial charge in [-0.15, -0.1) is 4.52 Å². The molecule has 9 N–H and O–H groups in total. The van der Waals surface area contributed by atoms with Gasteiger partial charge in [0.05, 0.1) is 30.5 Å². The van der Waals surface area contributed by atoms with Crippen LogP contribution in [0.5, 0.6) is 0 Å². The minimum Gasteiger partial charge on any atom is -0.388 e. The van der Waals surface area contributed by atoms with Gasteiger partial charge < -0.3 is 40.6 Å². The maximum absolute atomic E-state index is 12.5. The predicted octanol–water partition coefficient (Wildman–Crippen LogP) is -1.87. The standard InChI is InChI=1S/C27H31N9O14P2/c1-10-3-12-13(4-11(10)2)35(24-18(32-12)25(42)34-27(43)33-24)5-14(37)19(39)15(38)6-47-51(44)50-52(45,46)48-7-16-20(40)21(41)26(49-16)36-9-31-17-22(28)29-8-30-23(17)36/h3-4,8-9,14-16,19-21,26,37-41H,5-7H2,1-2H3,(H3-,28,29,30,34,42,43,45,46)/p+1/t14-,15+,16+,19-,20?,21-,26+/m0/s1. The Morgan fingerprint density at radius 1 is 1.08 bits per heavy atom. The van der Waals surface area contributed by atoms with Crippen LogP contribution >= 0.6 is 16.1 Å². The van der Waals surface area contributed by atoms with Gasteiger partial charge in [0.25, 0.3) is 5.56 Å². The zero-order valence-corrected chi connectivity index (χ0v) is 28.8. The van der Waals surface area contributed by atoms with Crippen LogP contribution in [0, 0.1) is 13.8 Å². The Hall–Kier alpha value is -4.22. The number of nitrogens with zero attached hydrogens (tertiary/aromatic N) is 7. The third-order valence-corrected chi connectivity index (χ3v) is 10.5. The molecule has 1 saturated heterocycles. The molecule has 25 heteroatoms. The molecule has 6 rings (SSSR count). The Bertz CT molecular complexity index is 2280. The van der Waals surface area contributed by atoms with E-state index >= 15 is 0 Å². The molecule has 278 valence electrons. The highest BCUT2D eigenvalue weighted by Gasteiger charge is 2.47. The van der Waals surface area contributed by atoms with E-state index in [2.05, 4.69) is 29.2 Å². The molecule has 3 unspecified atom stereocenters. The normalized spacial score (nSPS) is 22.5. The number of benzene rings is 1. The van der Waals surface area contributed by atoms with Crippen LogP contribution in [0.15, 0.2) is 34.4 Å². The van der Waals surface area contributed by atoms with Crippen LogP contribution in [0.25, 0.3) is 33.7 Å². The number of aryl methyl sites for hydroxylation is 2. The number of aliphatic hydroxyl groups excluding tert-OH is 5. The fourth-order valence-corrected chi connectivity index (χ4v) is 7.13. The Kier molecular flexibility index (Phi) is 10.6. The summed E-state index contributed by atoms with van der Waals surface area (Å²) in [6.45, 7) is 1.27. The molecule has 3 aliphatic heterocycles. The molecular formula is C27H32N9O14P2+. The summed E-state index contributed by atoms with van der Waals surface area (Å²) in [6.07, 6.45) is -9.24. The van der Waals surface area contributed by atoms with Crippen molar-refractivity contribution in [3.05, 3.63) is 56.8 Å². The third-order valence-electron chi connectivity index (χ3n) is 8.30. The van der Waals surface area contributed by atoms with Gasteiger partial charge in [0.15, 0.2) is 29.2 Å². The molecule has 1 aromatic carbocycles. The van der Waals surface area contributed by atoms with Gasteiger partial charge in [-0.1, -0.05) is 0 Å². The van der Waals surface area contributed by atoms with Crippen molar-refractivity contribution in [2.24, 2.45) is 0 Å². The molecule has 3 aromatic rings. The van der Waals surface area contributed by atoms with Crippen molar-refractivity contribution in [2.75, 3.05) is 18.9 Å². The molecule has 0 bridgehead atoms. The number of aliphatic hydroxyl groups is 5. The summed E-state index contributed by atoms with van der Waals surface area (Å²) in [5, 5.41) is 53.0. The number of nitrogens with one attached hydrogen (secondary N) is 1. The molecule has 2 aromatic heterocycles. The molecule has 1 fully saturated rings. The van der Waals surface area contributed by atoms with E-state index in [1.165, 1.54) is 15.5 Å². The summed E-state index contributed by atoms with van der Waals surface area (Å²) in [6, 6.07) is 3.35. The summed E-state index contributed by atoms with van der Waals surface area (Å²) < 4.78 is 47.0. The third kappa shape index (κ3) is 7.48. The monoisotopic (exact) mass is 768 g/mol. The van der Waals surface area contributed by atoms with Gasteiger partial charge in [-0.3, -0.25) is 23.8 Å². The first-order chi connectivity index (χ1) is 24.5. The van der Waals surface area contributed by atoms with E-state index in [0.29, 0.717) is 11.0 Å². The van der Waals surface area contributed by atoms with E-state index in [9.17, 15) is 49.1 Å². The van der Waals surface area contributed by atoms with Gasteiger partial charge in [-0.2, -0.15) is 4.98 Å². The largest absolute Gasteiger partial charge is 0.708 e. The van der Waals surface area contributed by atoms with Crippen molar-refractivity contribution < 1.29 is 57.7 Å². The Morgan fingerprint density at radius 3 is 2.56 bits per heavy atom. The Morgan fingerprint density at radius 2 is 1.81 bits per heavy atom. The summed E-state index contributed by atoms with van der Waals surface area (Å²) in [4.78, 5) is 56.6. The quantitative estimate of drug-likeness (QED) is 0.0480. The second-order valence-corrected chi connectivity index (χ2v) is 14.4. The predicted molar refractivity (Wildman–Crippen MR) is 175 cm³/mol. The number of rotatable bonds is 13. The lowest BCUT2D eigenvalue weighted by Gasteiger charge is -2.25. The second-order valence-electron chi connectivity index (χ2n) is 11.8. The highest BCUT2D eigenvalue weighted by Crippen LogP contribution is 2.53. The molecule has 0 saturated carbocycles. The molecule has 0 spiro atoms.